The molecule has 0 saturated carbocycles. The van der Waals surface area contributed by atoms with E-state index in [9.17, 15) is 9.59 Å². The smallest absolute Gasteiger partial charge is 0.377 e. The lowest BCUT2D eigenvalue weighted by Crippen LogP contribution is -2.33. The molecule has 1 aliphatic carbocycles. The molecule has 1 aliphatic heterocycles. The number of carbonyl (C=O) groups excluding carboxylic acids is 2. The van der Waals surface area contributed by atoms with Crippen molar-refractivity contribution >= 4 is 29.3 Å². The summed E-state index contributed by atoms with van der Waals surface area (Å²) in [6, 6.07) is 0. The predicted octanol–water partition coefficient (Wildman–Crippen LogP) is 0.800. The van der Waals surface area contributed by atoms with Gasteiger partial charge < -0.3 is 9.57 Å². The van der Waals surface area contributed by atoms with Gasteiger partial charge >= 0.3 is 5.24 Å². The normalized spacial score (nSPS) is 27.9. The van der Waals surface area contributed by atoms with E-state index in [0.29, 0.717) is 12.8 Å². The molecule has 1 heterocycles. The SMILES string of the molecule is COC(=S)ON1C(=O)C2CC=CCC2C1=O. The highest BCUT2D eigenvalue weighted by molar-refractivity contribution is 7.79. The third kappa shape index (κ3) is 1.69. The molecule has 0 bridgehead atoms. The fourth-order valence-electron chi connectivity index (χ4n) is 1.97. The number of carbonyl (C=O) groups is 2. The molecule has 5 nitrogen and oxygen atoms in total. The summed E-state index contributed by atoms with van der Waals surface area (Å²) >= 11 is 4.66. The van der Waals surface area contributed by atoms with Crippen LogP contribution < -0.4 is 0 Å². The molecule has 0 radical (unpaired) electrons. The minimum Gasteiger partial charge on any atom is -0.459 e. The molecule has 1 saturated heterocycles. The summed E-state index contributed by atoms with van der Waals surface area (Å²) in [6.07, 6.45) is 4.97. The van der Waals surface area contributed by atoms with Crippen LogP contribution in [0.4, 0.5) is 0 Å². The molecule has 0 spiro atoms. The van der Waals surface area contributed by atoms with Crippen LogP contribution in [0, 0.1) is 11.8 Å². The van der Waals surface area contributed by atoms with Crippen LogP contribution in [0.3, 0.4) is 0 Å². The highest BCUT2D eigenvalue weighted by Gasteiger charge is 2.49. The van der Waals surface area contributed by atoms with Crippen LogP contribution >= 0.6 is 12.2 Å². The number of methoxy groups -OCH3 is 1. The third-order valence-electron chi connectivity index (χ3n) is 2.80. The standard InChI is InChI=1S/C10H11NO4S/c1-14-10(16)15-11-8(12)6-4-2-3-5-7(6)9(11)13/h2-3,6-7H,4-5H2,1H3. The van der Waals surface area contributed by atoms with E-state index in [2.05, 4.69) is 17.0 Å². The van der Waals surface area contributed by atoms with Gasteiger partial charge in [-0.3, -0.25) is 9.59 Å². The van der Waals surface area contributed by atoms with Crippen molar-refractivity contribution in [1.29, 1.82) is 0 Å². The summed E-state index contributed by atoms with van der Waals surface area (Å²) in [4.78, 5) is 28.6. The molecule has 16 heavy (non-hydrogen) atoms. The number of rotatable bonds is 1. The molecule has 0 aromatic carbocycles. The lowest BCUT2D eigenvalue weighted by Gasteiger charge is -2.14. The lowest BCUT2D eigenvalue weighted by molar-refractivity contribution is -0.171. The van der Waals surface area contributed by atoms with Crippen LogP contribution in [0.25, 0.3) is 0 Å². The summed E-state index contributed by atoms with van der Waals surface area (Å²) < 4.78 is 4.61. The average Bonchev–Trinajstić information content (AvgIpc) is 2.55. The zero-order valence-corrected chi connectivity index (χ0v) is 9.53. The number of hydrogen-bond acceptors (Lipinski definition) is 5. The summed E-state index contributed by atoms with van der Waals surface area (Å²) in [5.41, 5.74) is 0. The van der Waals surface area contributed by atoms with Gasteiger partial charge in [0.25, 0.3) is 11.8 Å². The number of nitrogens with zero attached hydrogens (tertiary/aromatic N) is 1. The largest absolute Gasteiger partial charge is 0.459 e. The fourth-order valence-corrected chi connectivity index (χ4v) is 2.05. The topological polar surface area (TPSA) is 55.8 Å². The van der Waals surface area contributed by atoms with Crippen molar-refractivity contribution in [2.75, 3.05) is 7.11 Å². The van der Waals surface area contributed by atoms with Crippen molar-refractivity contribution in [2.45, 2.75) is 12.8 Å². The second-order valence-electron chi connectivity index (χ2n) is 3.67. The van der Waals surface area contributed by atoms with Crippen LogP contribution in [0.2, 0.25) is 0 Å². The van der Waals surface area contributed by atoms with E-state index in [1.807, 2.05) is 12.2 Å². The third-order valence-corrected chi connectivity index (χ3v) is 3.04. The first kappa shape index (κ1) is 11.1. The van der Waals surface area contributed by atoms with Crippen LogP contribution in [0.5, 0.6) is 0 Å². The highest BCUT2D eigenvalue weighted by atomic mass is 32.1. The average molecular weight is 241 g/mol. The molecule has 2 aliphatic rings. The van der Waals surface area contributed by atoms with Gasteiger partial charge in [0, 0.05) is 12.2 Å². The summed E-state index contributed by atoms with van der Waals surface area (Å²) in [5, 5.41) is 0.502. The van der Waals surface area contributed by atoms with Gasteiger partial charge in [-0.2, -0.15) is 0 Å². The summed E-state index contributed by atoms with van der Waals surface area (Å²) in [7, 11) is 1.32. The number of ether oxygens (including phenoxy) is 1. The summed E-state index contributed by atoms with van der Waals surface area (Å²) in [6.45, 7) is 0. The van der Waals surface area contributed by atoms with Crippen LogP contribution in [0.15, 0.2) is 12.2 Å². The molecule has 2 rings (SSSR count). The predicted molar refractivity (Wildman–Crippen MR) is 57.9 cm³/mol. The van der Waals surface area contributed by atoms with E-state index in [1.54, 1.807) is 0 Å². The Bertz CT molecular complexity index is 353. The van der Waals surface area contributed by atoms with Gasteiger partial charge in [0.2, 0.25) is 0 Å². The first-order valence-electron chi connectivity index (χ1n) is 4.94. The zero-order valence-electron chi connectivity index (χ0n) is 8.71. The Hall–Kier alpha value is -1.43. The highest BCUT2D eigenvalue weighted by Crippen LogP contribution is 2.35. The van der Waals surface area contributed by atoms with E-state index >= 15 is 0 Å². The Morgan fingerprint density at radius 2 is 1.81 bits per heavy atom. The molecule has 2 atom stereocenters. The first-order chi connectivity index (χ1) is 7.65. The van der Waals surface area contributed by atoms with E-state index < -0.39 is 0 Å². The molecular formula is C10H11NO4S. The van der Waals surface area contributed by atoms with Gasteiger partial charge in [-0.1, -0.05) is 12.2 Å². The van der Waals surface area contributed by atoms with Crippen LogP contribution in [-0.2, 0) is 19.2 Å². The van der Waals surface area contributed by atoms with E-state index in [-0.39, 0.29) is 28.9 Å². The zero-order chi connectivity index (χ0) is 11.7. The number of hydroxylamine groups is 2. The second kappa shape index (κ2) is 4.21. The van der Waals surface area contributed by atoms with Gasteiger partial charge in [0.05, 0.1) is 18.9 Å². The van der Waals surface area contributed by atoms with Crippen molar-refractivity contribution in [3.63, 3.8) is 0 Å². The molecular weight excluding hydrogens is 230 g/mol. The van der Waals surface area contributed by atoms with Gasteiger partial charge in [0.1, 0.15) is 0 Å². The van der Waals surface area contributed by atoms with Gasteiger partial charge in [-0.25, -0.2) is 0 Å². The monoisotopic (exact) mass is 241 g/mol. The number of hydrogen-bond donors (Lipinski definition) is 0. The van der Waals surface area contributed by atoms with E-state index in [0.717, 1.165) is 5.06 Å². The number of fused-ring (bicyclic) bond motifs is 1. The van der Waals surface area contributed by atoms with E-state index in [1.165, 1.54) is 7.11 Å². The lowest BCUT2D eigenvalue weighted by atomic mass is 9.85. The Morgan fingerprint density at radius 1 is 1.31 bits per heavy atom. The van der Waals surface area contributed by atoms with Crippen LogP contribution in [0.1, 0.15) is 12.8 Å². The Balaban J connectivity index is 2.14. The van der Waals surface area contributed by atoms with Gasteiger partial charge in [0.15, 0.2) is 0 Å². The Morgan fingerprint density at radius 3 is 2.25 bits per heavy atom. The molecule has 2 amide bonds. The van der Waals surface area contributed by atoms with Crippen molar-refractivity contribution < 1.29 is 19.2 Å². The van der Waals surface area contributed by atoms with Crippen molar-refractivity contribution in [2.24, 2.45) is 11.8 Å². The maximum absolute atomic E-state index is 11.8. The van der Waals surface area contributed by atoms with Gasteiger partial charge in [-0.05, 0) is 12.8 Å². The molecule has 0 aromatic rings. The molecule has 0 aromatic heterocycles. The minimum absolute atomic E-state index is 0.228. The maximum atomic E-state index is 11.8. The molecule has 1 fully saturated rings. The van der Waals surface area contributed by atoms with E-state index in [4.69, 9.17) is 4.84 Å². The molecule has 2 unspecified atom stereocenters. The number of thiocarbonyl (C=S) groups is 1. The number of amides is 2. The Kier molecular flexibility index (Phi) is 2.91. The number of imide groups is 1. The van der Waals surface area contributed by atoms with Crippen LogP contribution in [-0.4, -0.2) is 29.2 Å². The Labute approximate surface area is 97.9 Å². The number of allylic oxidation sites excluding steroid dienone is 2. The molecule has 0 N–H and O–H groups in total. The first-order valence-corrected chi connectivity index (χ1v) is 5.34. The fraction of sp³-hybridized carbons (Fsp3) is 0.500. The van der Waals surface area contributed by atoms with Crippen molar-refractivity contribution in [3.05, 3.63) is 12.2 Å². The van der Waals surface area contributed by atoms with Crippen molar-refractivity contribution in [1.82, 2.24) is 5.06 Å². The minimum atomic E-state index is -0.334. The quantitative estimate of drug-likeness (QED) is 0.386. The molecule has 86 valence electrons. The summed E-state index contributed by atoms with van der Waals surface area (Å²) in [5.74, 6) is -1.29. The van der Waals surface area contributed by atoms with Crippen molar-refractivity contribution in [3.8, 4) is 0 Å². The molecule has 6 heteroatoms. The maximum Gasteiger partial charge on any atom is 0.377 e. The second-order valence-corrected chi connectivity index (χ2v) is 4.01. The van der Waals surface area contributed by atoms with Gasteiger partial charge in [-0.15, -0.1) is 5.06 Å².